The van der Waals surface area contributed by atoms with Gasteiger partial charge in [0, 0.05) is 12.5 Å². The number of carbonyl (C=O) groups is 1. The number of benzene rings is 1. The molecular weight excluding hydrogens is 250 g/mol. The van der Waals surface area contributed by atoms with E-state index >= 15 is 0 Å². The summed E-state index contributed by atoms with van der Waals surface area (Å²) in [5.74, 6) is -0.405. The second kappa shape index (κ2) is 5.20. The highest BCUT2D eigenvalue weighted by Gasteiger charge is 2.36. The number of hydrogen-bond donors (Lipinski definition) is 1. The van der Waals surface area contributed by atoms with E-state index in [9.17, 15) is 13.2 Å². The summed E-state index contributed by atoms with van der Waals surface area (Å²) in [6.45, 7) is 2.95. The number of rotatable bonds is 3. The molecule has 0 spiro atoms. The summed E-state index contributed by atoms with van der Waals surface area (Å²) in [6, 6.07) is 6.78. The Bertz CT molecular complexity index is 522. The Morgan fingerprint density at radius 3 is 2.56 bits per heavy atom. The largest absolute Gasteiger partial charge is 0.315 e. The first-order valence-electron chi connectivity index (χ1n) is 6.02. The van der Waals surface area contributed by atoms with Crippen LogP contribution in [-0.2, 0) is 14.6 Å². The van der Waals surface area contributed by atoms with Gasteiger partial charge in [-0.3, -0.25) is 0 Å². The van der Waals surface area contributed by atoms with Crippen molar-refractivity contribution in [2.45, 2.75) is 23.5 Å². The minimum Gasteiger partial charge on any atom is -0.315 e. The molecule has 0 bridgehead atoms. The normalized spacial score (nSPS) is 24.7. The van der Waals surface area contributed by atoms with Crippen molar-refractivity contribution in [3.63, 3.8) is 0 Å². The highest BCUT2D eigenvalue weighted by Crippen LogP contribution is 2.24. The Morgan fingerprint density at radius 2 is 1.94 bits per heavy atom. The Hall–Kier alpha value is -1.20. The first kappa shape index (κ1) is 13.2. The maximum atomic E-state index is 12.5. The van der Waals surface area contributed by atoms with Crippen LogP contribution in [0.5, 0.6) is 0 Å². The molecule has 1 N–H and O–H groups in total. The molecule has 2 rings (SSSR count). The number of aldehydes is 1. The molecule has 0 aromatic heterocycles. The molecule has 1 aromatic carbocycles. The average Bonchev–Trinajstić information content (AvgIpc) is 2.39. The van der Waals surface area contributed by atoms with E-state index in [1.807, 2.05) is 6.92 Å². The molecule has 2 unspecified atom stereocenters. The summed E-state index contributed by atoms with van der Waals surface area (Å²) in [5, 5.41) is 2.40. The van der Waals surface area contributed by atoms with Crippen molar-refractivity contribution in [2.24, 2.45) is 5.92 Å². The van der Waals surface area contributed by atoms with E-state index in [1.54, 1.807) is 24.3 Å². The van der Waals surface area contributed by atoms with Crippen LogP contribution in [0.1, 0.15) is 12.0 Å². The highest BCUT2D eigenvalue weighted by molar-refractivity contribution is 7.92. The van der Waals surface area contributed by atoms with Gasteiger partial charge in [0.25, 0.3) is 0 Å². The van der Waals surface area contributed by atoms with Gasteiger partial charge in [-0.25, -0.2) is 8.42 Å². The maximum Gasteiger partial charge on any atom is 0.183 e. The van der Waals surface area contributed by atoms with Gasteiger partial charge in [-0.15, -0.1) is 0 Å². The summed E-state index contributed by atoms with van der Waals surface area (Å²) >= 11 is 0. The fourth-order valence-electron chi connectivity index (χ4n) is 2.25. The fourth-order valence-corrected chi connectivity index (χ4v) is 4.11. The molecular formula is C13H17NO3S. The van der Waals surface area contributed by atoms with E-state index in [0.717, 1.165) is 11.8 Å². The van der Waals surface area contributed by atoms with Crippen LogP contribution in [0.4, 0.5) is 0 Å². The first-order valence-corrected chi connectivity index (χ1v) is 7.57. The van der Waals surface area contributed by atoms with Gasteiger partial charge in [0.05, 0.1) is 10.1 Å². The van der Waals surface area contributed by atoms with E-state index < -0.39 is 21.0 Å². The summed E-state index contributed by atoms with van der Waals surface area (Å²) in [6.07, 6.45) is 1.36. The lowest BCUT2D eigenvalue weighted by atomic mass is 10.00. The molecule has 2 atom stereocenters. The van der Waals surface area contributed by atoms with Crippen molar-refractivity contribution < 1.29 is 13.2 Å². The smallest absolute Gasteiger partial charge is 0.183 e. The quantitative estimate of drug-likeness (QED) is 0.828. The molecule has 1 aliphatic heterocycles. The SMILES string of the molecule is Cc1ccc(S(=O)(=O)C2CNCCC2C=O)cc1. The minimum absolute atomic E-state index is 0.300. The van der Waals surface area contributed by atoms with Crippen LogP contribution in [0.2, 0.25) is 0 Å². The van der Waals surface area contributed by atoms with Crippen LogP contribution in [0.15, 0.2) is 29.2 Å². The van der Waals surface area contributed by atoms with E-state index in [0.29, 0.717) is 24.4 Å². The van der Waals surface area contributed by atoms with Gasteiger partial charge in [0.2, 0.25) is 0 Å². The third-order valence-corrected chi connectivity index (χ3v) is 5.64. The number of nitrogens with one attached hydrogen (secondary N) is 1. The third-order valence-electron chi connectivity index (χ3n) is 3.40. The van der Waals surface area contributed by atoms with Crippen LogP contribution in [-0.4, -0.2) is 33.0 Å². The van der Waals surface area contributed by atoms with Crippen LogP contribution in [0.25, 0.3) is 0 Å². The van der Waals surface area contributed by atoms with Gasteiger partial charge in [0.1, 0.15) is 6.29 Å². The predicted octanol–water partition coefficient (Wildman–Crippen LogP) is 0.946. The number of carbonyl (C=O) groups excluding carboxylic acids is 1. The predicted molar refractivity (Wildman–Crippen MR) is 69.2 cm³/mol. The molecule has 1 aromatic rings. The molecule has 98 valence electrons. The van der Waals surface area contributed by atoms with Crippen LogP contribution < -0.4 is 5.32 Å². The zero-order chi connectivity index (χ0) is 13.2. The van der Waals surface area contributed by atoms with Crippen LogP contribution in [0, 0.1) is 12.8 Å². The van der Waals surface area contributed by atoms with Crippen molar-refractivity contribution in [1.29, 1.82) is 0 Å². The molecule has 0 amide bonds. The van der Waals surface area contributed by atoms with Crippen molar-refractivity contribution in [3.8, 4) is 0 Å². The van der Waals surface area contributed by atoms with Gasteiger partial charge in [0.15, 0.2) is 9.84 Å². The lowest BCUT2D eigenvalue weighted by molar-refractivity contribution is -0.111. The number of aryl methyl sites for hydroxylation is 1. The Balaban J connectivity index is 2.34. The zero-order valence-electron chi connectivity index (χ0n) is 10.3. The van der Waals surface area contributed by atoms with Crippen LogP contribution in [0.3, 0.4) is 0 Å². The topological polar surface area (TPSA) is 63.2 Å². The number of piperidine rings is 1. The lowest BCUT2D eigenvalue weighted by Gasteiger charge is -2.28. The van der Waals surface area contributed by atoms with Gasteiger partial charge in [-0.1, -0.05) is 17.7 Å². The lowest BCUT2D eigenvalue weighted by Crippen LogP contribution is -2.45. The number of hydrogen-bond acceptors (Lipinski definition) is 4. The highest BCUT2D eigenvalue weighted by atomic mass is 32.2. The number of sulfone groups is 1. The van der Waals surface area contributed by atoms with Gasteiger partial charge < -0.3 is 10.1 Å². The Kier molecular flexibility index (Phi) is 3.82. The molecule has 5 heteroatoms. The second-order valence-electron chi connectivity index (χ2n) is 4.69. The monoisotopic (exact) mass is 267 g/mol. The molecule has 0 radical (unpaired) electrons. The molecule has 1 aliphatic rings. The third kappa shape index (κ3) is 2.47. The van der Waals surface area contributed by atoms with Crippen molar-refractivity contribution in [2.75, 3.05) is 13.1 Å². The molecule has 1 heterocycles. The standard InChI is InChI=1S/C13H17NO3S/c1-10-2-4-12(5-3-10)18(16,17)13-8-14-7-6-11(13)9-15/h2-5,9,11,13-14H,6-8H2,1H3. The van der Waals surface area contributed by atoms with E-state index in [-0.39, 0.29) is 0 Å². The van der Waals surface area contributed by atoms with Crippen molar-refractivity contribution >= 4 is 16.1 Å². The molecule has 1 fully saturated rings. The van der Waals surface area contributed by atoms with E-state index in [1.165, 1.54) is 0 Å². The zero-order valence-corrected chi connectivity index (χ0v) is 11.1. The van der Waals surface area contributed by atoms with E-state index in [4.69, 9.17) is 0 Å². The summed E-state index contributed by atoms with van der Waals surface area (Å²) in [5.41, 5.74) is 1.02. The van der Waals surface area contributed by atoms with Crippen LogP contribution >= 0.6 is 0 Å². The van der Waals surface area contributed by atoms with Gasteiger partial charge in [-0.2, -0.15) is 0 Å². The second-order valence-corrected chi connectivity index (χ2v) is 6.86. The maximum absolute atomic E-state index is 12.5. The molecule has 0 aliphatic carbocycles. The molecule has 1 saturated heterocycles. The van der Waals surface area contributed by atoms with E-state index in [2.05, 4.69) is 5.32 Å². The van der Waals surface area contributed by atoms with Gasteiger partial charge >= 0.3 is 0 Å². The summed E-state index contributed by atoms with van der Waals surface area (Å²) in [4.78, 5) is 11.3. The van der Waals surface area contributed by atoms with Crippen molar-refractivity contribution in [1.82, 2.24) is 5.32 Å². The molecule has 4 nitrogen and oxygen atoms in total. The van der Waals surface area contributed by atoms with Crippen molar-refractivity contribution in [3.05, 3.63) is 29.8 Å². The summed E-state index contributed by atoms with van der Waals surface area (Å²) < 4.78 is 24.9. The molecule has 0 saturated carbocycles. The average molecular weight is 267 g/mol. The molecule has 18 heavy (non-hydrogen) atoms. The Morgan fingerprint density at radius 1 is 1.28 bits per heavy atom. The Labute approximate surface area is 107 Å². The summed E-state index contributed by atoms with van der Waals surface area (Å²) in [7, 11) is -3.43. The fraction of sp³-hybridized carbons (Fsp3) is 0.462. The minimum atomic E-state index is -3.43. The first-order chi connectivity index (χ1) is 8.55. The van der Waals surface area contributed by atoms with Gasteiger partial charge in [-0.05, 0) is 32.0 Å².